The summed E-state index contributed by atoms with van der Waals surface area (Å²) in [4.78, 5) is 10.9. The van der Waals surface area contributed by atoms with Gasteiger partial charge in [0.05, 0.1) is 6.07 Å². The molecule has 0 bridgehead atoms. The Hall–Kier alpha value is -1.13. The summed E-state index contributed by atoms with van der Waals surface area (Å²) in [6.07, 6.45) is 0.650. The molecule has 0 aromatic rings. The van der Waals surface area contributed by atoms with Crippen molar-refractivity contribution < 1.29 is 13.2 Å². The molecule has 1 rings (SSSR count). The van der Waals surface area contributed by atoms with E-state index in [1.54, 1.807) is 13.0 Å². The fourth-order valence-electron chi connectivity index (χ4n) is 1.48. The predicted molar refractivity (Wildman–Crippen MR) is 52.9 cm³/mol. The van der Waals surface area contributed by atoms with Crippen molar-refractivity contribution in [2.45, 2.75) is 31.1 Å². The smallest absolute Gasteiger partial charge is 0.235 e. The molecule has 0 radical (unpaired) electrons. The van der Waals surface area contributed by atoms with E-state index in [2.05, 4.69) is 0 Å². The van der Waals surface area contributed by atoms with Gasteiger partial charge in [-0.25, -0.2) is 8.42 Å². The van der Waals surface area contributed by atoms with Gasteiger partial charge in [-0.3, -0.25) is 4.79 Å². The molecule has 0 aromatic carbocycles. The first-order chi connectivity index (χ1) is 6.95. The van der Waals surface area contributed by atoms with Crippen LogP contribution in [0.25, 0.3) is 0 Å². The van der Waals surface area contributed by atoms with Crippen LogP contribution in [0.2, 0.25) is 0 Å². The third-order valence-electron chi connectivity index (χ3n) is 2.50. The molecule has 1 heterocycles. The van der Waals surface area contributed by atoms with Crippen molar-refractivity contribution in [1.82, 2.24) is 4.31 Å². The van der Waals surface area contributed by atoms with Crippen LogP contribution < -0.4 is 5.73 Å². The van der Waals surface area contributed by atoms with E-state index in [0.717, 1.165) is 4.31 Å². The molecule has 1 amide bonds. The fourth-order valence-corrected chi connectivity index (χ4v) is 3.29. The maximum atomic E-state index is 11.8. The van der Waals surface area contributed by atoms with E-state index in [1.165, 1.54) is 0 Å². The van der Waals surface area contributed by atoms with Gasteiger partial charge < -0.3 is 5.73 Å². The number of carbonyl (C=O) groups excluding carboxylic acids is 1. The van der Waals surface area contributed by atoms with E-state index < -0.39 is 27.2 Å². The summed E-state index contributed by atoms with van der Waals surface area (Å²) in [6.45, 7) is 1.89. The van der Waals surface area contributed by atoms with Crippen molar-refractivity contribution in [1.29, 1.82) is 5.26 Å². The fraction of sp³-hybridized carbons (Fsp3) is 0.750. The lowest BCUT2D eigenvalue weighted by molar-refractivity contribution is -0.124. The molecule has 1 aliphatic rings. The summed E-state index contributed by atoms with van der Waals surface area (Å²) in [6, 6.07) is 0.953. The first-order valence-electron chi connectivity index (χ1n) is 4.64. The van der Waals surface area contributed by atoms with Crippen LogP contribution >= 0.6 is 0 Å². The van der Waals surface area contributed by atoms with Gasteiger partial charge in [-0.15, -0.1) is 0 Å². The highest BCUT2D eigenvalue weighted by Gasteiger charge is 2.44. The SMILES string of the molecule is CCC(C#N)S(=O)(=O)N1CCC1C(N)=O. The van der Waals surface area contributed by atoms with Crippen molar-refractivity contribution in [3.8, 4) is 6.07 Å². The van der Waals surface area contributed by atoms with E-state index >= 15 is 0 Å². The minimum absolute atomic E-state index is 0.209. The van der Waals surface area contributed by atoms with Crippen LogP contribution in [0.15, 0.2) is 0 Å². The van der Waals surface area contributed by atoms with Crippen molar-refractivity contribution in [3.05, 3.63) is 0 Å². The summed E-state index contributed by atoms with van der Waals surface area (Å²) < 4.78 is 24.6. The highest BCUT2D eigenvalue weighted by Crippen LogP contribution is 2.25. The van der Waals surface area contributed by atoms with Crippen molar-refractivity contribution >= 4 is 15.9 Å². The van der Waals surface area contributed by atoms with Gasteiger partial charge in [0.2, 0.25) is 15.9 Å². The molecule has 0 aliphatic carbocycles. The van der Waals surface area contributed by atoms with Gasteiger partial charge >= 0.3 is 0 Å². The number of carbonyl (C=O) groups is 1. The monoisotopic (exact) mass is 231 g/mol. The summed E-state index contributed by atoms with van der Waals surface area (Å²) in [5.41, 5.74) is 5.04. The number of nitrogens with zero attached hydrogens (tertiary/aromatic N) is 2. The van der Waals surface area contributed by atoms with Gasteiger partial charge in [0.15, 0.2) is 5.25 Å². The predicted octanol–water partition coefficient (Wildman–Crippen LogP) is -0.822. The van der Waals surface area contributed by atoms with Crippen molar-refractivity contribution in [3.63, 3.8) is 0 Å². The molecule has 1 saturated heterocycles. The Bertz CT molecular complexity index is 398. The Balaban J connectivity index is 2.89. The first kappa shape index (κ1) is 11.9. The average molecular weight is 231 g/mol. The molecule has 7 heteroatoms. The summed E-state index contributed by atoms with van der Waals surface area (Å²) in [5.74, 6) is -0.655. The molecule has 1 fully saturated rings. The molecule has 2 unspecified atom stereocenters. The molecule has 0 saturated carbocycles. The van der Waals surface area contributed by atoms with Gasteiger partial charge in [0.25, 0.3) is 0 Å². The second-order valence-corrected chi connectivity index (χ2v) is 5.46. The molecular weight excluding hydrogens is 218 g/mol. The Morgan fingerprint density at radius 1 is 1.73 bits per heavy atom. The third-order valence-corrected chi connectivity index (χ3v) is 4.75. The number of sulfonamides is 1. The number of primary amides is 1. The minimum atomic E-state index is -3.69. The van der Waals surface area contributed by atoms with Crippen LogP contribution in [0.3, 0.4) is 0 Å². The quantitative estimate of drug-likeness (QED) is 0.682. The highest BCUT2D eigenvalue weighted by molar-refractivity contribution is 7.90. The summed E-state index contributed by atoms with van der Waals surface area (Å²) in [5, 5.41) is 7.60. The average Bonchev–Trinajstić information content (AvgIpc) is 2.00. The van der Waals surface area contributed by atoms with Crippen LogP contribution in [0.5, 0.6) is 0 Å². The Kier molecular flexibility index (Phi) is 3.31. The zero-order valence-electron chi connectivity index (χ0n) is 8.38. The maximum Gasteiger partial charge on any atom is 0.235 e. The Labute approximate surface area is 88.7 Å². The van der Waals surface area contributed by atoms with Crippen LogP contribution in [0.4, 0.5) is 0 Å². The zero-order valence-corrected chi connectivity index (χ0v) is 9.20. The summed E-state index contributed by atoms with van der Waals surface area (Å²) in [7, 11) is -3.69. The number of hydrogen-bond acceptors (Lipinski definition) is 4. The highest BCUT2D eigenvalue weighted by atomic mass is 32.2. The van der Waals surface area contributed by atoms with E-state index in [0.29, 0.717) is 6.42 Å². The van der Waals surface area contributed by atoms with Gasteiger partial charge in [0, 0.05) is 6.54 Å². The molecule has 6 nitrogen and oxygen atoms in total. The van der Waals surface area contributed by atoms with Crippen LogP contribution in [0, 0.1) is 11.3 Å². The molecule has 84 valence electrons. The van der Waals surface area contributed by atoms with E-state index in [9.17, 15) is 13.2 Å². The second kappa shape index (κ2) is 4.16. The van der Waals surface area contributed by atoms with Gasteiger partial charge in [-0.2, -0.15) is 9.57 Å². The first-order valence-corrected chi connectivity index (χ1v) is 6.15. The van der Waals surface area contributed by atoms with Gasteiger partial charge in [-0.05, 0) is 12.8 Å². The number of rotatable bonds is 4. The van der Waals surface area contributed by atoms with E-state index in [4.69, 9.17) is 11.0 Å². The number of amides is 1. The van der Waals surface area contributed by atoms with Gasteiger partial charge in [0.1, 0.15) is 6.04 Å². The Morgan fingerprint density at radius 2 is 2.33 bits per heavy atom. The largest absolute Gasteiger partial charge is 0.368 e. The lowest BCUT2D eigenvalue weighted by Crippen LogP contribution is -2.58. The molecule has 2 N–H and O–H groups in total. The standard InChI is InChI=1S/C8H13N3O3S/c1-2-6(5-9)15(13,14)11-4-3-7(11)8(10)12/h6-7H,2-4H2,1H3,(H2,10,12). The maximum absolute atomic E-state index is 11.8. The zero-order chi connectivity index (χ0) is 11.6. The molecule has 0 spiro atoms. The summed E-state index contributed by atoms with van der Waals surface area (Å²) >= 11 is 0. The molecule has 15 heavy (non-hydrogen) atoms. The van der Waals surface area contributed by atoms with E-state index in [-0.39, 0.29) is 13.0 Å². The lowest BCUT2D eigenvalue weighted by Gasteiger charge is -2.38. The number of hydrogen-bond donors (Lipinski definition) is 1. The van der Waals surface area contributed by atoms with Gasteiger partial charge in [-0.1, -0.05) is 6.92 Å². The molecule has 0 aromatic heterocycles. The van der Waals surface area contributed by atoms with E-state index in [1.807, 2.05) is 0 Å². The van der Waals surface area contributed by atoms with Crippen LogP contribution in [-0.2, 0) is 14.8 Å². The van der Waals surface area contributed by atoms with Crippen LogP contribution in [0.1, 0.15) is 19.8 Å². The lowest BCUT2D eigenvalue weighted by atomic mass is 10.1. The number of nitrogens with two attached hydrogens (primary N) is 1. The minimum Gasteiger partial charge on any atom is -0.368 e. The number of nitriles is 1. The van der Waals surface area contributed by atoms with Crippen LogP contribution in [-0.4, -0.2) is 36.5 Å². The molecule has 1 aliphatic heterocycles. The topological polar surface area (TPSA) is 104 Å². The third kappa shape index (κ3) is 1.96. The second-order valence-electron chi connectivity index (χ2n) is 3.39. The Morgan fingerprint density at radius 3 is 2.60 bits per heavy atom. The van der Waals surface area contributed by atoms with Crippen molar-refractivity contribution in [2.75, 3.05) is 6.54 Å². The molecular formula is C8H13N3O3S. The van der Waals surface area contributed by atoms with Crippen molar-refractivity contribution in [2.24, 2.45) is 5.73 Å². The molecule has 2 atom stereocenters. The normalized spacial score (nSPS) is 23.9.